The van der Waals surface area contributed by atoms with Crippen LogP contribution >= 0.6 is 0 Å². The molecule has 19 heavy (non-hydrogen) atoms. The molecule has 2 aliphatic rings. The van der Waals surface area contributed by atoms with Gasteiger partial charge >= 0.3 is 0 Å². The highest BCUT2D eigenvalue weighted by Crippen LogP contribution is 2.45. The van der Waals surface area contributed by atoms with Crippen molar-refractivity contribution in [3.8, 4) is 0 Å². The first kappa shape index (κ1) is 12.6. The maximum absolute atomic E-state index is 4.26. The molecule has 0 unspecified atom stereocenters. The molecule has 0 saturated heterocycles. The third-order valence-corrected chi connectivity index (χ3v) is 4.67. The monoisotopic (exact) mass is 256 g/mol. The van der Waals surface area contributed by atoms with E-state index in [1.165, 1.54) is 56.9 Å². The Bertz CT molecular complexity index is 469. The fraction of sp³-hybridized carbons (Fsp3) is 0.625. The molecule has 0 N–H and O–H groups in total. The van der Waals surface area contributed by atoms with Crippen LogP contribution in [0.1, 0.15) is 63.9 Å². The summed E-state index contributed by atoms with van der Waals surface area (Å²) in [5, 5.41) is 8.10. The van der Waals surface area contributed by atoms with Crippen molar-refractivity contribution in [1.29, 1.82) is 0 Å². The molecule has 3 heteroatoms. The summed E-state index contributed by atoms with van der Waals surface area (Å²) in [4.78, 5) is 0. The van der Waals surface area contributed by atoms with Gasteiger partial charge in [-0.15, -0.1) is 10.5 Å². The van der Waals surface area contributed by atoms with Gasteiger partial charge in [-0.2, -0.15) is 0 Å². The lowest BCUT2D eigenvalue weighted by atomic mass is 9.74. The molecule has 1 heterocycles. The van der Waals surface area contributed by atoms with Crippen LogP contribution in [-0.4, -0.2) is 0 Å². The van der Waals surface area contributed by atoms with Gasteiger partial charge in [0.25, 0.3) is 0 Å². The summed E-state index contributed by atoms with van der Waals surface area (Å²) in [5.41, 5.74) is 7.67. The highest BCUT2D eigenvalue weighted by Gasteiger charge is 2.31. The van der Waals surface area contributed by atoms with Gasteiger partial charge in [-0.25, -0.2) is 0 Å². The standard InChI is InChI=1S/C16H22N3/c1-16(11-6-4-2-3-5-7-12-16)13-9-8-10-14-15(13)18-19-17-14/h8-10H,2-7,11-12H2,1H3. The Morgan fingerprint density at radius 2 is 1.63 bits per heavy atom. The Hall–Kier alpha value is -1.38. The predicted octanol–water partition coefficient (Wildman–Crippen LogP) is 5.33. The summed E-state index contributed by atoms with van der Waals surface area (Å²) in [6.07, 6.45) is 10.7. The largest absolute Gasteiger partial charge is 0.128 e. The molecule has 0 aromatic heterocycles. The molecule has 0 atom stereocenters. The third-order valence-electron chi connectivity index (χ3n) is 4.67. The third kappa shape index (κ3) is 2.51. The van der Waals surface area contributed by atoms with Crippen molar-refractivity contribution in [2.75, 3.05) is 0 Å². The van der Waals surface area contributed by atoms with Crippen LogP contribution in [0.4, 0.5) is 11.4 Å². The topological polar surface area (TPSA) is 38.8 Å². The van der Waals surface area contributed by atoms with Crippen LogP contribution < -0.4 is 5.43 Å². The van der Waals surface area contributed by atoms with Crippen molar-refractivity contribution in [3.05, 3.63) is 23.8 Å². The summed E-state index contributed by atoms with van der Waals surface area (Å²) < 4.78 is 0. The van der Waals surface area contributed by atoms with Crippen molar-refractivity contribution in [1.82, 2.24) is 5.43 Å². The molecule has 0 amide bonds. The summed E-state index contributed by atoms with van der Waals surface area (Å²) in [6, 6.07) is 6.35. The second kappa shape index (κ2) is 5.32. The molecule has 101 valence electrons. The first-order valence-electron chi connectivity index (χ1n) is 7.55. The molecule has 1 aliphatic carbocycles. The predicted molar refractivity (Wildman–Crippen MR) is 77.0 cm³/mol. The van der Waals surface area contributed by atoms with Crippen molar-refractivity contribution in [3.63, 3.8) is 0 Å². The molecule has 0 spiro atoms. The van der Waals surface area contributed by atoms with E-state index in [1.54, 1.807) is 0 Å². The van der Waals surface area contributed by atoms with Crippen LogP contribution in [0, 0.1) is 0 Å². The van der Waals surface area contributed by atoms with E-state index >= 15 is 0 Å². The highest BCUT2D eigenvalue weighted by atomic mass is 15.5. The van der Waals surface area contributed by atoms with Gasteiger partial charge in [0, 0.05) is 0 Å². The van der Waals surface area contributed by atoms with Crippen molar-refractivity contribution >= 4 is 11.4 Å². The quantitative estimate of drug-likeness (QED) is 0.651. The smallest absolute Gasteiger partial charge is 0.119 e. The second-order valence-electron chi connectivity index (χ2n) is 6.14. The lowest BCUT2D eigenvalue weighted by Crippen LogP contribution is -2.22. The number of benzene rings is 1. The maximum Gasteiger partial charge on any atom is 0.119 e. The van der Waals surface area contributed by atoms with E-state index in [9.17, 15) is 0 Å². The van der Waals surface area contributed by atoms with Crippen LogP contribution in [0.15, 0.2) is 28.5 Å². The molecular formula is C16H22N3. The number of hydrogen-bond donors (Lipinski definition) is 0. The van der Waals surface area contributed by atoms with Crippen LogP contribution in [0.3, 0.4) is 0 Å². The van der Waals surface area contributed by atoms with Gasteiger partial charge in [-0.1, -0.05) is 57.6 Å². The zero-order chi connectivity index (χ0) is 13.1. The maximum atomic E-state index is 4.26. The van der Waals surface area contributed by atoms with E-state index < -0.39 is 0 Å². The average Bonchev–Trinajstić information content (AvgIpc) is 2.91. The Kier molecular flexibility index (Phi) is 3.54. The zero-order valence-electron chi connectivity index (χ0n) is 11.7. The van der Waals surface area contributed by atoms with Crippen LogP contribution in [0.2, 0.25) is 0 Å². The van der Waals surface area contributed by atoms with E-state index in [1.807, 2.05) is 6.07 Å². The first-order valence-corrected chi connectivity index (χ1v) is 7.55. The number of hydrogen-bond acceptors (Lipinski definition) is 2. The molecule has 1 radical (unpaired) electrons. The van der Waals surface area contributed by atoms with Crippen molar-refractivity contribution in [2.24, 2.45) is 10.3 Å². The molecular weight excluding hydrogens is 234 g/mol. The SMILES string of the molecule is CC1(c2cccc3c2N=N[N]3)CCCCCCCC1. The van der Waals surface area contributed by atoms with E-state index in [-0.39, 0.29) is 5.41 Å². The summed E-state index contributed by atoms with van der Waals surface area (Å²) in [6.45, 7) is 2.40. The fourth-order valence-corrected chi connectivity index (χ4v) is 3.45. The molecule has 1 aromatic carbocycles. The zero-order valence-corrected chi connectivity index (χ0v) is 11.7. The second-order valence-corrected chi connectivity index (χ2v) is 6.14. The molecule has 3 nitrogen and oxygen atoms in total. The summed E-state index contributed by atoms with van der Waals surface area (Å²) in [7, 11) is 0. The Balaban J connectivity index is 1.93. The Morgan fingerprint density at radius 3 is 2.37 bits per heavy atom. The highest BCUT2D eigenvalue weighted by molar-refractivity contribution is 5.68. The van der Waals surface area contributed by atoms with Gasteiger partial charge in [0.1, 0.15) is 11.4 Å². The Morgan fingerprint density at radius 1 is 0.947 bits per heavy atom. The van der Waals surface area contributed by atoms with Crippen molar-refractivity contribution in [2.45, 2.75) is 63.7 Å². The molecule has 0 bridgehead atoms. The molecule has 1 aromatic rings. The lowest BCUT2D eigenvalue weighted by molar-refractivity contribution is 0.382. The lowest BCUT2D eigenvalue weighted by Gasteiger charge is -2.31. The summed E-state index contributed by atoms with van der Waals surface area (Å²) in [5.74, 6) is 0. The van der Waals surface area contributed by atoms with Gasteiger partial charge in [0.2, 0.25) is 0 Å². The van der Waals surface area contributed by atoms with E-state index in [2.05, 4.69) is 34.8 Å². The summed E-state index contributed by atoms with van der Waals surface area (Å²) >= 11 is 0. The average molecular weight is 256 g/mol. The molecule has 1 saturated carbocycles. The fourth-order valence-electron chi connectivity index (χ4n) is 3.45. The van der Waals surface area contributed by atoms with Gasteiger partial charge in [0.15, 0.2) is 0 Å². The minimum absolute atomic E-state index is 0.245. The van der Waals surface area contributed by atoms with Crippen molar-refractivity contribution < 1.29 is 0 Å². The van der Waals surface area contributed by atoms with Gasteiger partial charge in [-0.3, -0.25) is 0 Å². The minimum atomic E-state index is 0.245. The molecule has 1 fully saturated rings. The van der Waals surface area contributed by atoms with E-state index in [0.717, 1.165) is 11.4 Å². The minimum Gasteiger partial charge on any atom is -0.128 e. The number of fused-ring (bicyclic) bond motifs is 1. The number of nitrogens with zero attached hydrogens (tertiary/aromatic N) is 3. The van der Waals surface area contributed by atoms with Gasteiger partial charge in [-0.05, 0) is 35.1 Å². The molecule has 3 rings (SSSR count). The van der Waals surface area contributed by atoms with Crippen LogP contribution in [0.25, 0.3) is 0 Å². The normalized spacial score (nSPS) is 21.9. The van der Waals surface area contributed by atoms with E-state index in [4.69, 9.17) is 0 Å². The first-order chi connectivity index (χ1) is 9.30. The van der Waals surface area contributed by atoms with Crippen LogP contribution in [0.5, 0.6) is 0 Å². The molecule has 1 aliphatic heterocycles. The van der Waals surface area contributed by atoms with Gasteiger partial charge < -0.3 is 0 Å². The Labute approximate surface area is 115 Å². The number of rotatable bonds is 1. The van der Waals surface area contributed by atoms with Gasteiger partial charge in [0.05, 0.1) is 0 Å². The van der Waals surface area contributed by atoms with Crippen LogP contribution in [-0.2, 0) is 5.41 Å². The van der Waals surface area contributed by atoms with E-state index in [0.29, 0.717) is 0 Å².